The highest BCUT2D eigenvalue weighted by Crippen LogP contribution is 2.38. The lowest BCUT2D eigenvalue weighted by atomic mass is 10.1. The number of amides is 1. The average molecular weight is 398 g/mol. The van der Waals surface area contributed by atoms with Gasteiger partial charge in [0.05, 0.1) is 18.4 Å². The number of thiophene rings is 1. The van der Waals surface area contributed by atoms with Gasteiger partial charge in [0, 0.05) is 4.88 Å². The van der Waals surface area contributed by atoms with Gasteiger partial charge >= 0.3 is 16.6 Å². The van der Waals surface area contributed by atoms with Gasteiger partial charge in [-0.3, -0.25) is 9.32 Å². The molecule has 0 aromatic carbocycles. The lowest BCUT2D eigenvalue weighted by Crippen LogP contribution is -2.34. The summed E-state index contributed by atoms with van der Waals surface area (Å²) < 4.78 is 11.0. The Bertz CT molecular complexity index is 883. The largest absolute Gasteiger partial charge is 0.465 e. The number of hydrogen-bond donors (Lipinski definition) is 2. The Balaban J connectivity index is 1.77. The molecule has 2 aromatic heterocycles. The molecule has 8 nitrogen and oxygen atoms in total. The van der Waals surface area contributed by atoms with Crippen LogP contribution < -0.4 is 15.6 Å². The number of methoxy groups -OCH3 is 1. The van der Waals surface area contributed by atoms with Crippen LogP contribution in [0.25, 0.3) is 0 Å². The number of carbonyl (C=O) groups is 2. The van der Waals surface area contributed by atoms with Crippen molar-refractivity contribution in [1.82, 2.24) is 5.27 Å². The van der Waals surface area contributed by atoms with Crippen LogP contribution in [0.3, 0.4) is 0 Å². The molecular formula is C16H20N3O5S2+. The Morgan fingerprint density at radius 1 is 1.35 bits per heavy atom. The monoisotopic (exact) mass is 398 g/mol. The van der Waals surface area contributed by atoms with Crippen molar-refractivity contribution >= 4 is 40.0 Å². The molecule has 0 spiro atoms. The van der Waals surface area contributed by atoms with Crippen LogP contribution in [0.2, 0.25) is 0 Å². The Morgan fingerprint density at radius 3 is 2.81 bits per heavy atom. The summed E-state index contributed by atoms with van der Waals surface area (Å²) in [5, 5.41) is 6.04. The SMILES string of the molecule is COC(=O)c1c(NC(=O)CSc2c(=O)o[nH][n+]2C)sc2c1CCCCC2. The van der Waals surface area contributed by atoms with E-state index >= 15 is 0 Å². The predicted molar refractivity (Wildman–Crippen MR) is 96.8 cm³/mol. The number of ether oxygens (including phenoxy) is 1. The van der Waals surface area contributed by atoms with E-state index in [1.54, 1.807) is 7.05 Å². The summed E-state index contributed by atoms with van der Waals surface area (Å²) >= 11 is 2.51. The van der Waals surface area contributed by atoms with Crippen LogP contribution in [-0.2, 0) is 29.4 Å². The van der Waals surface area contributed by atoms with Gasteiger partial charge < -0.3 is 10.1 Å². The Hall–Kier alpha value is -2.07. The predicted octanol–water partition coefficient (Wildman–Crippen LogP) is 1.64. The number of aromatic nitrogens is 2. The third-order valence-electron chi connectivity index (χ3n) is 4.16. The molecule has 0 saturated heterocycles. The first-order chi connectivity index (χ1) is 12.5. The minimum Gasteiger partial charge on any atom is -0.465 e. The van der Waals surface area contributed by atoms with Gasteiger partial charge in [-0.1, -0.05) is 11.1 Å². The van der Waals surface area contributed by atoms with Gasteiger partial charge in [0.15, 0.2) is 7.05 Å². The molecule has 26 heavy (non-hydrogen) atoms. The Kier molecular flexibility index (Phi) is 5.82. The van der Waals surface area contributed by atoms with Crippen molar-refractivity contribution in [2.45, 2.75) is 37.1 Å². The van der Waals surface area contributed by atoms with Gasteiger partial charge in [0.25, 0.3) is 0 Å². The zero-order chi connectivity index (χ0) is 18.7. The molecule has 3 rings (SSSR count). The average Bonchev–Trinajstić information content (AvgIpc) is 3.02. The number of aromatic amines is 1. The van der Waals surface area contributed by atoms with E-state index in [-0.39, 0.29) is 11.7 Å². The van der Waals surface area contributed by atoms with Crippen molar-refractivity contribution in [2.75, 3.05) is 18.2 Å². The number of anilines is 1. The molecule has 0 bridgehead atoms. The fourth-order valence-corrected chi connectivity index (χ4v) is 4.96. The summed E-state index contributed by atoms with van der Waals surface area (Å²) in [6.45, 7) is 0. The fourth-order valence-electron chi connectivity index (χ4n) is 2.93. The first-order valence-electron chi connectivity index (χ1n) is 8.24. The van der Waals surface area contributed by atoms with Gasteiger partial charge in [-0.15, -0.1) is 11.3 Å². The van der Waals surface area contributed by atoms with Crippen LogP contribution >= 0.6 is 23.1 Å². The smallest absolute Gasteiger partial charge is 0.441 e. The maximum atomic E-state index is 12.3. The number of thioether (sulfide) groups is 1. The minimum atomic E-state index is -0.525. The second-order valence-electron chi connectivity index (χ2n) is 5.94. The number of fused-ring (bicyclic) bond motifs is 1. The van der Waals surface area contributed by atoms with E-state index in [4.69, 9.17) is 4.74 Å². The quantitative estimate of drug-likeness (QED) is 0.343. The van der Waals surface area contributed by atoms with Gasteiger partial charge in [-0.05, 0) is 48.3 Å². The lowest BCUT2D eigenvalue weighted by molar-refractivity contribution is -0.772. The summed E-state index contributed by atoms with van der Waals surface area (Å²) in [5.41, 5.74) is 0.947. The van der Waals surface area contributed by atoms with E-state index < -0.39 is 11.6 Å². The molecule has 0 aliphatic heterocycles. The Morgan fingerprint density at radius 2 is 2.12 bits per heavy atom. The topological polar surface area (TPSA) is 105 Å². The molecule has 1 aliphatic carbocycles. The van der Waals surface area contributed by atoms with Gasteiger partial charge in [0.2, 0.25) is 5.91 Å². The van der Waals surface area contributed by atoms with Crippen molar-refractivity contribution in [1.29, 1.82) is 0 Å². The molecule has 140 valence electrons. The van der Waals surface area contributed by atoms with E-state index in [1.165, 1.54) is 23.1 Å². The first kappa shape index (κ1) is 18.7. The number of rotatable bonds is 5. The van der Waals surface area contributed by atoms with Gasteiger partial charge in [-0.25, -0.2) is 9.59 Å². The van der Waals surface area contributed by atoms with E-state index in [0.29, 0.717) is 15.6 Å². The summed E-state index contributed by atoms with van der Waals surface area (Å²) in [6, 6.07) is 0. The minimum absolute atomic E-state index is 0.0274. The molecule has 10 heteroatoms. The number of H-pyrrole nitrogens is 1. The number of carbonyl (C=O) groups excluding carboxylic acids is 2. The van der Waals surface area contributed by atoms with E-state index in [1.807, 2.05) is 0 Å². The summed E-state index contributed by atoms with van der Waals surface area (Å²) in [7, 11) is 2.96. The summed E-state index contributed by atoms with van der Waals surface area (Å²) in [4.78, 5) is 37.3. The number of esters is 1. The molecule has 2 aromatic rings. The van der Waals surface area contributed by atoms with Gasteiger partial charge in [-0.2, -0.15) is 0 Å². The first-order valence-corrected chi connectivity index (χ1v) is 10.0. The highest BCUT2D eigenvalue weighted by Gasteiger charge is 2.27. The van der Waals surface area contributed by atoms with E-state index in [0.717, 1.165) is 54.3 Å². The highest BCUT2D eigenvalue weighted by molar-refractivity contribution is 7.99. The second-order valence-corrected chi connectivity index (χ2v) is 8.01. The molecule has 2 N–H and O–H groups in total. The molecule has 0 saturated carbocycles. The number of nitrogens with zero attached hydrogens (tertiary/aromatic N) is 1. The molecule has 0 unspecified atom stereocenters. The fraction of sp³-hybridized carbons (Fsp3) is 0.500. The Labute approximate surface area is 157 Å². The maximum Gasteiger partial charge on any atom is 0.441 e. The van der Waals surface area contributed by atoms with Crippen LogP contribution in [0.1, 0.15) is 40.1 Å². The summed E-state index contributed by atoms with van der Waals surface area (Å²) in [6.07, 6.45) is 4.97. The van der Waals surface area contributed by atoms with Crippen molar-refractivity contribution in [2.24, 2.45) is 7.05 Å². The number of nitrogens with one attached hydrogen (secondary N) is 2. The molecule has 1 amide bonds. The van der Waals surface area contributed by atoms with Crippen LogP contribution in [0, 0.1) is 0 Å². The van der Waals surface area contributed by atoms with Crippen LogP contribution in [-0.4, -0.2) is 30.0 Å². The number of aryl methyl sites for hydroxylation is 2. The van der Waals surface area contributed by atoms with Crippen LogP contribution in [0.5, 0.6) is 0 Å². The number of hydrogen-bond acceptors (Lipinski definition) is 7. The third-order valence-corrected chi connectivity index (χ3v) is 6.49. The van der Waals surface area contributed by atoms with Crippen molar-refractivity contribution < 1.29 is 23.5 Å². The zero-order valence-corrected chi connectivity index (χ0v) is 16.2. The lowest BCUT2D eigenvalue weighted by Gasteiger charge is -2.06. The van der Waals surface area contributed by atoms with Gasteiger partial charge in [0.1, 0.15) is 5.00 Å². The molecule has 0 fully saturated rings. The molecule has 0 radical (unpaired) electrons. The molecular weight excluding hydrogens is 378 g/mol. The second kappa shape index (κ2) is 8.09. The van der Waals surface area contributed by atoms with E-state index in [9.17, 15) is 14.4 Å². The molecule has 0 atom stereocenters. The zero-order valence-electron chi connectivity index (χ0n) is 14.5. The standard InChI is InChI=1S/C16H19N3O5S2/c1-19-14(16(22)24-18-19)25-8-11(20)17-13-12(15(21)23-2)9-6-4-3-5-7-10(9)26-13/h3-8H2,1-2H3,(H-,17,18,20,21,22)/p+1. The molecule has 2 heterocycles. The van der Waals surface area contributed by atoms with Crippen molar-refractivity contribution in [3.8, 4) is 0 Å². The van der Waals surface area contributed by atoms with Crippen LogP contribution in [0.4, 0.5) is 5.00 Å². The third kappa shape index (κ3) is 3.85. The van der Waals surface area contributed by atoms with Crippen molar-refractivity contribution in [3.63, 3.8) is 0 Å². The van der Waals surface area contributed by atoms with Crippen molar-refractivity contribution in [3.05, 3.63) is 26.4 Å². The molecule has 1 aliphatic rings. The van der Waals surface area contributed by atoms with Crippen LogP contribution in [0.15, 0.2) is 14.3 Å². The normalized spacial score (nSPS) is 13.8. The maximum absolute atomic E-state index is 12.3. The van der Waals surface area contributed by atoms with E-state index in [2.05, 4.69) is 15.1 Å². The highest BCUT2D eigenvalue weighted by atomic mass is 32.2. The summed E-state index contributed by atoms with van der Waals surface area (Å²) in [5.74, 6) is -0.693.